The fourth-order valence-electron chi connectivity index (χ4n) is 2.70. The number of benzene rings is 1. The highest BCUT2D eigenvalue weighted by atomic mass is 19.1. The van der Waals surface area contributed by atoms with Gasteiger partial charge in [-0.15, -0.1) is 0 Å². The van der Waals surface area contributed by atoms with Gasteiger partial charge < -0.3 is 0 Å². The molecule has 1 fully saturated rings. The Morgan fingerprint density at radius 1 is 1.33 bits per heavy atom. The van der Waals surface area contributed by atoms with Crippen molar-refractivity contribution >= 4 is 5.78 Å². The Labute approximate surface area is 108 Å². The summed E-state index contributed by atoms with van der Waals surface area (Å²) < 4.78 is 13.8. The molecule has 1 aromatic rings. The highest BCUT2D eigenvalue weighted by Gasteiger charge is 2.29. The van der Waals surface area contributed by atoms with Crippen LogP contribution in [0.2, 0.25) is 0 Å². The van der Waals surface area contributed by atoms with Gasteiger partial charge in [0, 0.05) is 18.0 Å². The third-order valence-corrected chi connectivity index (χ3v) is 3.98. The van der Waals surface area contributed by atoms with Gasteiger partial charge in [0.2, 0.25) is 0 Å². The maximum atomic E-state index is 13.8. The Balaban J connectivity index is 2.15. The van der Waals surface area contributed by atoms with Crippen LogP contribution in [0.25, 0.3) is 0 Å². The fourth-order valence-corrected chi connectivity index (χ4v) is 2.70. The minimum absolute atomic E-state index is 0.0478. The maximum Gasteiger partial charge on any atom is 0.149 e. The van der Waals surface area contributed by atoms with Crippen LogP contribution < -0.4 is 0 Å². The fraction of sp³-hybridized carbons (Fsp3) is 0.533. The van der Waals surface area contributed by atoms with E-state index in [1.807, 2.05) is 24.9 Å². The van der Waals surface area contributed by atoms with E-state index in [2.05, 4.69) is 0 Å². The van der Waals surface area contributed by atoms with Crippen molar-refractivity contribution in [3.63, 3.8) is 0 Å². The third-order valence-electron chi connectivity index (χ3n) is 3.98. The first-order valence-electron chi connectivity index (χ1n) is 6.60. The van der Waals surface area contributed by atoms with Gasteiger partial charge in [-0.25, -0.2) is 4.39 Å². The van der Waals surface area contributed by atoms with Crippen molar-refractivity contribution in [2.24, 2.45) is 0 Å². The van der Waals surface area contributed by atoms with Crippen LogP contribution in [0.1, 0.15) is 44.2 Å². The second kappa shape index (κ2) is 5.61. The summed E-state index contributed by atoms with van der Waals surface area (Å²) in [6.07, 6.45) is 3.65. The quantitative estimate of drug-likeness (QED) is 0.819. The zero-order valence-corrected chi connectivity index (χ0v) is 11.0. The molecule has 2 nitrogen and oxygen atoms in total. The summed E-state index contributed by atoms with van der Waals surface area (Å²) in [4.78, 5) is 13.9. The van der Waals surface area contributed by atoms with Gasteiger partial charge in [0.05, 0.1) is 6.04 Å². The number of nitrogens with zero attached hydrogens (tertiary/aromatic N) is 1. The van der Waals surface area contributed by atoms with Crippen LogP contribution in [0.15, 0.2) is 24.3 Å². The Morgan fingerprint density at radius 2 is 2.06 bits per heavy atom. The molecule has 0 aromatic heterocycles. The summed E-state index contributed by atoms with van der Waals surface area (Å²) in [7, 11) is 1.92. The van der Waals surface area contributed by atoms with Crippen LogP contribution in [0, 0.1) is 5.82 Å². The number of ketones is 1. The van der Waals surface area contributed by atoms with Crippen molar-refractivity contribution in [1.82, 2.24) is 4.90 Å². The first-order chi connectivity index (χ1) is 8.61. The topological polar surface area (TPSA) is 20.3 Å². The first kappa shape index (κ1) is 13.2. The molecule has 1 aliphatic rings. The van der Waals surface area contributed by atoms with Crippen LogP contribution >= 0.6 is 0 Å². The molecule has 3 heteroatoms. The normalized spacial score (nSPS) is 22.2. The number of hydrogen-bond donors (Lipinski definition) is 0. The Bertz CT molecular complexity index is 432. The molecular weight excluding hydrogens is 229 g/mol. The van der Waals surface area contributed by atoms with E-state index in [1.54, 1.807) is 12.1 Å². The molecule has 98 valence electrons. The molecule has 0 amide bonds. The second-order valence-electron chi connectivity index (χ2n) is 5.09. The van der Waals surface area contributed by atoms with Crippen LogP contribution in [-0.2, 0) is 4.79 Å². The zero-order valence-electron chi connectivity index (χ0n) is 11.0. The van der Waals surface area contributed by atoms with E-state index in [0.29, 0.717) is 17.8 Å². The lowest BCUT2D eigenvalue weighted by atomic mass is 9.91. The SMILES string of the molecule is CC(c1ccccc1F)N(C)C1CCCCC1=O. The van der Waals surface area contributed by atoms with Gasteiger partial charge in [-0.2, -0.15) is 0 Å². The van der Waals surface area contributed by atoms with Gasteiger partial charge in [-0.05, 0) is 32.9 Å². The molecule has 0 bridgehead atoms. The highest BCUT2D eigenvalue weighted by molar-refractivity contribution is 5.84. The van der Waals surface area contributed by atoms with Crippen LogP contribution in [-0.4, -0.2) is 23.8 Å². The van der Waals surface area contributed by atoms with E-state index in [1.165, 1.54) is 6.07 Å². The van der Waals surface area contributed by atoms with E-state index in [4.69, 9.17) is 0 Å². The number of halogens is 1. The lowest BCUT2D eigenvalue weighted by molar-refractivity contribution is -0.126. The van der Waals surface area contributed by atoms with Crippen molar-refractivity contribution < 1.29 is 9.18 Å². The molecule has 0 radical (unpaired) electrons. The molecule has 0 N–H and O–H groups in total. The predicted molar refractivity (Wildman–Crippen MR) is 69.8 cm³/mol. The largest absolute Gasteiger partial charge is 0.298 e. The summed E-state index contributed by atoms with van der Waals surface area (Å²) in [6, 6.07) is 6.68. The average molecular weight is 249 g/mol. The molecule has 1 aromatic carbocycles. The third kappa shape index (κ3) is 2.61. The molecule has 1 aliphatic carbocycles. The highest BCUT2D eigenvalue weighted by Crippen LogP contribution is 2.28. The molecule has 0 heterocycles. The maximum absolute atomic E-state index is 13.8. The first-order valence-corrected chi connectivity index (χ1v) is 6.60. The Morgan fingerprint density at radius 3 is 2.72 bits per heavy atom. The lowest BCUT2D eigenvalue weighted by Crippen LogP contribution is -2.41. The van der Waals surface area contributed by atoms with Crippen LogP contribution in [0.4, 0.5) is 4.39 Å². The second-order valence-corrected chi connectivity index (χ2v) is 5.09. The monoisotopic (exact) mass is 249 g/mol. The van der Waals surface area contributed by atoms with E-state index in [9.17, 15) is 9.18 Å². The number of carbonyl (C=O) groups excluding carboxylic acids is 1. The number of carbonyl (C=O) groups is 1. The standard InChI is InChI=1S/C15H20FNO/c1-11(12-7-3-4-8-13(12)16)17(2)14-9-5-6-10-15(14)18/h3-4,7-8,11,14H,5-6,9-10H2,1-2H3. The lowest BCUT2D eigenvalue weighted by Gasteiger charge is -2.34. The van der Waals surface area contributed by atoms with Gasteiger partial charge >= 0.3 is 0 Å². The van der Waals surface area contributed by atoms with E-state index in [0.717, 1.165) is 19.3 Å². The summed E-state index contributed by atoms with van der Waals surface area (Å²) in [5.74, 6) is 0.104. The minimum atomic E-state index is -0.194. The molecule has 1 saturated carbocycles. The number of rotatable bonds is 3. The Kier molecular flexibility index (Phi) is 4.12. The molecular formula is C15H20FNO. The van der Waals surface area contributed by atoms with Crippen molar-refractivity contribution in [3.05, 3.63) is 35.6 Å². The van der Waals surface area contributed by atoms with Crippen molar-refractivity contribution in [3.8, 4) is 0 Å². The van der Waals surface area contributed by atoms with Gasteiger partial charge in [-0.1, -0.05) is 24.6 Å². The number of hydrogen-bond acceptors (Lipinski definition) is 2. The summed E-state index contributed by atoms with van der Waals surface area (Å²) >= 11 is 0. The van der Waals surface area contributed by atoms with E-state index < -0.39 is 0 Å². The van der Waals surface area contributed by atoms with Crippen molar-refractivity contribution in [1.29, 1.82) is 0 Å². The Hall–Kier alpha value is -1.22. The molecule has 2 unspecified atom stereocenters. The number of Topliss-reactive ketones (excluding diaryl/α,β-unsaturated/α-hetero) is 1. The van der Waals surface area contributed by atoms with Gasteiger partial charge in [-0.3, -0.25) is 9.69 Å². The average Bonchev–Trinajstić information content (AvgIpc) is 2.38. The smallest absolute Gasteiger partial charge is 0.149 e. The summed E-state index contributed by atoms with van der Waals surface area (Å²) in [5.41, 5.74) is 0.665. The van der Waals surface area contributed by atoms with Crippen LogP contribution in [0.5, 0.6) is 0 Å². The summed E-state index contributed by atoms with van der Waals surface area (Å²) in [5, 5.41) is 0. The predicted octanol–water partition coefficient (Wildman–Crippen LogP) is 3.33. The molecule has 0 saturated heterocycles. The zero-order chi connectivity index (χ0) is 13.1. The molecule has 2 rings (SSSR count). The van der Waals surface area contributed by atoms with Gasteiger partial charge in [0.15, 0.2) is 0 Å². The number of likely N-dealkylation sites (N-methyl/N-ethyl adjacent to an activating group) is 1. The summed E-state index contributed by atoms with van der Waals surface area (Å²) in [6.45, 7) is 1.96. The van der Waals surface area contributed by atoms with E-state index >= 15 is 0 Å². The van der Waals surface area contributed by atoms with Crippen molar-refractivity contribution in [2.45, 2.75) is 44.7 Å². The molecule has 18 heavy (non-hydrogen) atoms. The van der Waals surface area contributed by atoms with E-state index in [-0.39, 0.29) is 17.9 Å². The van der Waals surface area contributed by atoms with Gasteiger partial charge in [0.1, 0.15) is 11.6 Å². The van der Waals surface area contributed by atoms with Crippen LogP contribution in [0.3, 0.4) is 0 Å². The van der Waals surface area contributed by atoms with Gasteiger partial charge in [0.25, 0.3) is 0 Å². The molecule has 2 atom stereocenters. The molecule has 0 spiro atoms. The molecule has 0 aliphatic heterocycles. The minimum Gasteiger partial charge on any atom is -0.298 e. The van der Waals surface area contributed by atoms with Crippen molar-refractivity contribution in [2.75, 3.05) is 7.05 Å².